The predicted octanol–water partition coefficient (Wildman–Crippen LogP) is -1.80. The summed E-state index contributed by atoms with van der Waals surface area (Å²) in [7, 11) is 0. The van der Waals surface area contributed by atoms with Crippen molar-refractivity contribution < 1.29 is 19.2 Å². The molecule has 128 valence electrons. The summed E-state index contributed by atoms with van der Waals surface area (Å²) in [6.45, 7) is 0. The van der Waals surface area contributed by atoms with Crippen LogP contribution in [0.2, 0.25) is 0 Å². The first-order valence-electron chi connectivity index (χ1n) is 5.82. The van der Waals surface area contributed by atoms with Crippen molar-refractivity contribution in [3.05, 3.63) is 0 Å². The van der Waals surface area contributed by atoms with Gasteiger partial charge < -0.3 is 0 Å². The van der Waals surface area contributed by atoms with Crippen LogP contribution in [-0.4, -0.2) is 49.3 Å². The number of amides is 8. The number of nitrogens with two attached hydrogens (primary N) is 4. The van der Waals surface area contributed by atoms with Crippen LogP contribution >= 0.6 is 17.2 Å². The molecule has 0 aliphatic rings. The third-order valence-corrected chi connectivity index (χ3v) is 7.82. The van der Waals surface area contributed by atoms with Gasteiger partial charge in [-0.1, -0.05) is 0 Å². The van der Waals surface area contributed by atoms with Crippen LogP contribution in [0.3, 0.4) is 0 Å². The monoisotopic (exact) mass is 358 g/mol. The second-order valence-electron chi connectivity index (χ2n) is 4.62. The average Bonchev–Trinajstić information content (AvgIpc) is 2.40. The van der Waals surface area contributed by atoms with Crippen molar-refractivity contribution in [3.63, 3.8) is 0 Å². The molecule has 12 N–H and O–H groups in total. The van der Waals surface area contributed by atoms with Crippen LogP contribution in [0.4, 0.5) is 19.2 Å². The number of urea groups is 4. The summed E-state index contributed by atoms with van der Waals surface area (Å²) in [5, 5.41) is 9.15. The Balaban J connectivity index is 5.41. The van der Waals surface area contributed by atoms with Gasteiger partial charge in [0.1, 0.15) is 0 Å². The van der Waals surface area contributed by atoms with Gasteiger partial charge in [-0.05, 0) is 0 Å². The Bertz CT molecular complexity index is 392. The minimum atomic E-state index is -3.71. The summed E-state index contributed by atoms with van der Waals surface area (Å²) in [5.41, 5.74) is 20.0. The summed E-state index contributed by atoms with van der Waals surface area (Å²) < 4.78 is 0. The summed E-state index contributed by atoms with van der Waals surface area (Å²) in [6, 6.07) is -3.53. The first-order valence-corrected chi connectivity index (χ1v) is 9.70. The topological polar surface area (TPSA) is 220 Å². The Kier molecular flexibility index (Phi) is 6.94. The van der Waals surface area contributed by atoms with Gasteiger partial charge in [0.2, 0.25) is 0 Å². The number of carbonyl (C=O) groups is 4. The molecule has 0 atom stereocenters. The van der Waals surface area contributed by atoms with E-state index in [1.807, 2.05) is 0 Å². The molecule has 8 amide bonds. The Morgan fingerprint density at radius 2 is 0.818 bits per heavy atom. The summed E-state index contributed by atoms with van der Waals surface area (Å²) >= 11 is 6.62. The first-order chi connectivity index (χ1) is 9.96. The second kappa shape index (κ2) is 7.71. The Morgan fingerprint density at radius 1 is 0.636 bits per heavy atom. The maximum atomic E-state index is 10.9. The Labute approximate surface area is 130 Å². The van der Waals surface area contributed by atoms with Gasteiger partial charge in [0, 0.05) is 0 Å². The summed E-state index contributed by atoms with van der Waals surface area (Å²) in [4.78, 5) is 43.8. The van der Waals surface area contributed by atoms with Crippen LogP contribution in [0.1, 0.15) is 0 Å². The van der Waals surface area contributed by atoms with Crippen LogP contribution in [0, 0.1) is 0 Å². The Morgan fingerprint density at radius 3 is 0.955 bits per heavy atom. The van der Waals surface area contributed by atoms with E-state index in [1.165, 1.54) is 0 Å². The molecule has 0 spiro atoms. The van der Waals surface area contributed by atoms with Crippen LogP contribution in [0.5, 0.6) is 0 Å². The van der Waals surface area contributed by atoms with E-state index < -0.39 is 30.1 Å². The molecule has 0 aliphatic heterocycles. The third kappa shape index (κ3) is 7.55. The molecule has 0 saturated heterocycles. The van der Waals surface area contributed by atoms with E-state index in [1.54, 1.807) is 0 Å². The number of nitrogens with one attached hydrogen (secondary N) is 4. The molecule has 0 rings (SSSR count). The van der Waals surface area contributed by atoms with Gasteiger partial charge in [-0.3, -0.25) is 0 Å². The van der Waals surface area contributed by atoms with Crippen LogP contribution in [0.15, 0.2) is 0 Å². The fourth-order valence-corrected chi connectivity index (χ4v) is 5.03. The van der Waals surface area contributed by atoms with E-state index in [2.05, 4.69) is 21.3 Å². The van der Waals surface area contributed by atoms with E-state index in [-0.39, 0.29) is 25.1 Å². The zero-order valence-electron chi connectivity index (χ0n) is 11.6. The minimum absolute atomic E-state index is 0.219. The van der Waals surface area contributed by atoms with Crippen molar-refractivity contribution in [2.24, 2.45) is 22.9 Å². The van der Waals surface area contributed by atoms with Crippen molar-refractivity contribution in [1.82, 2.24) is 21.3 Å². The molecule has 12 nitrogen and oxygen atoms in total. The third-order valence-electron chi connectivity index (χ3n) is 2.59. The molecule has 0 radical (unpaired) electrons. The van der Waals surface area contributed by atoms with Gasteiger partial charge in [0.25, 0.3) is 0 Å². The molecule has 0 bridgehead atoms. The van der Waals surface area contributed by atoms with Gasteiger partial charge in [-0.25, -0.2) is 0 Å². The summed E-state index contributed by atoms with van der Waals surface area (Å²) in [5.74, 6) is -3.71. The first kappa shape index (κ1) is 19.8. The van der Waals surface area contributed by atoms with Crippen LogP contribution in [-0.2, 0) is 0 Å². The SMILES string of the molecule is NC(=O)NCP(Cl)(CNC(N)=O)(CNC(N)=O)CNC(N)=O. The molecule has 0 unspecified atom stereocenters. The zero-order valence-corrected chi connectivity index (χ0v) is 13.2. The van der Waals surface area contributed by atoms with Crippen molar-refractivity contribution in [2.75, 3.05) is 25.1 Å². The maximum absolute atomic E-state index is 10.9. The van der Waals surface area contributed by atoms with E-state index in [4.69, 9.17) is 34.2 Å². The van der Waals surface area contributed by atoms with Gasteiger partial charge in [0.15, 0.2) is 0 Å². The number of rotatable bonds is 8. The zero-order chi connectivity index (χ0) is 17.4. The molecule has 0 aliphatic carbocycles. The molecule has 0 aromatic heterocycles. The van der Waals surface area contributed by atoms with Gasteiger partial charge >= 0.3 is 130 Å². The fourth-order valence-electron chi connectivity index (χ4n) is 1.44. The van der Waals surface area contributed by atoms with E-state index in [0.717, 1.165) is 0 Å². The number of carbonyl (C=O) groups excluding carboxylic acids is 4. The van der Waals surface area contributed by atoms with Crippen molar-refractivity contribution in [3.8, 4) is 0 Å². The molecule has 0 aromatic carbocycles. The van der Waals surface area contributed by atoms with E-state index in [9.17, 15) is 19.2 Å². The van der Waals surface area contributed by atoms with Crippen LogP contribution < -0.4 is 44.2 Å². The predicted molar refractivity (Wildman–Crippen MR) is 83.1 cm³/mol. The van der Waals surface area contributed by atoms with Gasteiger partial charge in [-0.15, -0.1) is 0 Å². The van der Waals surface area contributed by atoms with E-state index in [0.29, 0.717) is 0 Å². The van der Waals surface area contributed by atoms with E-state index >= 15 is 0 Å². The van der Waals surface area contributed by atoms with Crippen molar-refractivity contribution in [2.45, 2.75) is 0 Å². The summed E-state index contributed by atoms with van der Waals surface area (Å²) in [6.07, 6.45) is -0.876. The van der Waals surface area contributed by atoms with Crippen molar-refractivity contribution >= 4 is 41.3 Å². The molecular formula is C8H20ClN8O4P. The fraction of sp³-hybridized carbons (Fsp3) is 0.500. The molecule has 0 fully saturated rings. The molecule has 22 heavy (non-hydrogen) atoms. The van der Waals surface area contributed by atoms with Gasteiger partial charge in [0.05, 0.1) is 0 Å². The molecule has 14 heteroatoms. The number of primary amides is 4. The second-order valence-corrected chi connectivity index (χ2v) is 12.4. The molecule has 0 saturated carbocycles. The number of hydrogen-bond donors (Lipinski definition) is 8. The van der Waals surface area contributed by atoms with Crippen LogP contribution in [0.25, 0.3) is 0 Å². The normalized spacial score (nSPS) is 12.3. The average molecular weight is 359 g/mol. The number of halogens is 1. The quantitative estimate of drug-likeness (QED) is 0.235. The van der Waals surface area contributed by atoms with Gasteiger partial charge in [-0.2, -0.15) is 0 Å². The molecular weight excluding hydrogens is 339 g/mol. The molecule has 0 heterocycles. The molecule has 0 aromatic rings. The van der Waals surface area contributed by atoms with Crippen molar-refractivity contribution in [1.29, 1.82) is 0 Å². The standard InChI is InChI=1S/C8H20ClN8O4P/c9-22(1-14-5(10)18,2-15-6(11)19,3-16-7(12)20)4-17-8(13)21/h1-4H2,(H3,10,14,18)(H3,11,15,19)(H3,12,16,20)(H3,13,17,21). The Hall–Kier alpha value is -2.20. The number of hydrogen-bond acceptors (Lipinski definition) is 4.